The summed E-state index contributed by atoms with van der Waals surface area (Å²) in [5, 5.41) is 0. The molecule has 1 saturated carbocycles. The molecule has 0 spiro atoms. The molecule has 0 aromatic rings. The van der Waals surface area contributed by atoms with Crippen molar-refractivity contribution in [1.82, 2.24) is 0 Å². The van der Waals surface area contributed by atoms with Gasteiger partial charge in [-0.25, -0.2) is 11.0 Å². The van der Waals surface area contributed by atoms with Gasteiger partial charge in [0, 0.05) is 6.42 Å². The maximum absolute atomic E-state index is 13.7. The topological polar surface area (TPSA) is 4.36 Å². The lowest BCUT2D eigenvalue weighted by atomic mass is 9.82. The van der Waals surface area contributed by atoms with Crippen LogP contribution in [0.2, 0.25) is 0 Å². The molecule has 2 unspecified atom stereocenters. The minimum Gasteiger partial charge on any atom is -0.317 e. The van der Waals surface area contributed by atoms with Crippen LogP contribution in [0.5, 0.6) is 0 Å². The first-order valence-corrected chi connectivity index (χ1v) is 5.08. The summed E-state index contributed by atoms with van der Waals surface area (Å²) in [4.78, 5) is 3.34. The van der Waals surface area contributed by atoms with Gasteiger partial charge in [0.1, 0.15) is 5.67 Å². The van der Waals surface area contributed by atoms with Crippen LogP contribution in [-0.2, 0) is 0 Å². The van der Waals surface area contributed by atoms with Crippen molar-refractivity contribution in [3.05, 3.63) is 11.4 Å². The molecule has 0 aliphatic heterocycles. The fourth-order valence-corrected chi connectivity index (χ4v) is 2.52. The van der Waals surface area contributed by atoms with E-state index in [1.54, 1.807) is 13.8 Å². The third-order valence-electron chi connectivity index (χ3n) is 3.15. The summed E-state index contributed by atoms with van der Waals surface area (Å²) in [7, 11) is 0. The van der Waals surface area contributed by atoms with Crippen molar-refractivity contribution in [1.29, 1.82) is 0 Å². The van der Waals surface area contributed by atoms with Crippen molar-refractivity contribution >= 4 is 0 Å². The Bertz CT molecular complexity index is 199. The van der Waals surface area contributed by atoms with Gasteiger partial charge in [-0.15, -0.1) is 0 Å². The Morgan fingerprint density at radius 1 is 1.46 bits per heavy atom. The number of hydrogen-bond acceptors (Lipinski definition) is 0. The second kappa shape index (κ2) is 4.09. The van der Waals surface area contributed by atoms with E-state index in [2.05, 4.69) is 4.85 Å². The number of nitrogens with zero attached hydrogens (tertiary/aromatic N) is 1. The van der Waals surface area contributed by atoms with Crippen molar-refractivity contribution in [3.63, 3.8) is 0 Å². The summed E-state index contributed by atoms with van der Waals surface area (Å²) in [5.41, 5.74) is -1.05. The van der Waals surface area contributed by atoms with Crippen LogP contribution in [0.3, 0.4) is 0 Å². The molecule has 0 saturated heterocycles. The van der Waals surface area contributed by atoms with E-state index in [1.165, 1.54) is 0 Å². The molecule has 1 aliphatic carbocycles. The molecule has 1 fully saturated rings. The average molecular weight is 183 g/mol. The molecule has 0 radical (unpaired) electrons. The van der Waals surface area contributed by atoms with Crippen molar-refractivity contribution < 1.29 is 4.39 Å². The molecule has 0 N–H and O–H groups in total. The van der Waals surface area contributed by atoms with E-state index in [0.717, 1.165) is 25.7 Å². The predicted molar refractivity (Wildman–Crippen MR) is 52.1 cm³/mol. The van der Waals surface area contributed by atoms with Crippen molar-refractivity contribution in [2.45, 2.75) is 45.2 Å². The Kier molecular flexibility index (Phi) is 3.30. The fraction of sp³-hybridized carbons (Fsp3) is 0.909. The summed E-state index contributed by atoms with van der Waals surface area (Å²) in [5.74, 6) is 0.642. The molecular weight excluding hydrogens is 165 g/mol. The highest BCUT2D eigenvalue weighted by atomic mass is 19.1. The van der Waals surface area contributed by atoms with Gasteiger partial charge in [-0.3, -0.25) is 0 Å². The summed E-state index contributed by atoms with van der Waals surface area (Å²) in [6, 6.07) is 0. The van der Waals surface area contributed by atoms with Gasteiger partial charge in [-0.1, -0.05) is 6.42 Å². The fourth-order valence-electron chi connectivity index (χ4n) is 2.52. The largest absolute Gasteiger partial charge is 0.317 e. The number of alkyl halides is 1. The second-order valence-electron chi connectivity index (χ2n) is 4.53. The van der Waals surface area contributed by atoms with E-state index in [-0.39, 0.29) is 5.92 Å². The summed E-state index contributed by atoms with van der Waals surface area (Å²) < 4.78 is 13.7. The van der Waals surface area contributed by atoms with Gasteiger partial charge in [0.05, 0.1) is 0 Å². The van der Waals surface area contributed by atoms with Crippen LogP contribution < -0.4 is 0 Å². The highest BCUT2D eigenvalue weighted by Gasteiger charge is 2.38. The van der Waals surface area contributed by atoms with E-state index in [9.17, 15) is 4.39 Å². The zero-order valence-electron chi connectivity index (χ0n) is 8.52. The minimum atomic E-state index is -1.05. The quantitative estimate of drug-likeness (QED) is 0.590. The highest BCUT2D eigenvalue weighted by Crippen LogP contribution is 2.42. The monoisotopic (exact) mass is 183 g/mol. The van der Waals surface area contributed by atoms with Crippen LogP contribution in [0.1, 0.15) is 39.5 Å². The molecule has 74 valence electrons. The number of rotatable bonds is 3. The summed E-state index contributed by atoms with van der Waals surface area (Å²) in [6.07, 6.45) is 4.15. The van der Waals surface area contributed by atoms with E-state index in [1.807, 2.05) is 0 Å². The van der Waals surface area contributed by atoms with Crippen molar-refractivity contribution in [2.75, 3.05) is 6.54 Å². The number of halogens is 1. The average Bonchev–Trinajstić information content (AvgIpc) is 2.47. The zero-order chi connectivity index (χ0) is 9.90. The van der Waals surface area contributed by atoms with Crippen LogP contribution in [0.25, 0.3) is 4.85 Å². The summed E-state index contributed by atoms with van der Waals surface area (Å²) >= 11 is 0. The second-order valence-corrected chi connectivity index (χ2v) is 4.53. The molecule has 1 rings (SSSR count). The Hall–Kier alpha value is -0.580. The Balaban J connectivity index is 2.50. The maximum Gasteiger partial charge on any atom is 0.215 e. The minimum absolute atomic E-state index is 0.189. The third-order valence-corrected chi connectivity index (χ3v) is 3.15. The van der Waals surface area contributed by atoms with Crippen LogP contribution in [0, 0.1) is 18.4 Å². The first-order chi connectivity index (χ1) is 6.05. The third kappa shape index (κ3) is 2.69. The molecule has 0 heterocycles. The van der Waals surface area contributed by atoms with Gasteiger partial charge < -0.3 is 4.85 Å². The van der Waals surface area contributed by atoms with Crippen molar-refractivity contribution in [2.24, 2.45) is 11.8 Å². The Labute approximate surface area is 80.2 Å². The smallest absolute Gasteiger partial charge is 0.215 e. The van der Waals surface area contributed by atoms with Gasteiger partial charge in [0.25, 0.3) is 0 Å². The Morgan fingerprint density at radius 3 is 2.69 bits per heavy atom. The van der Waals surface area contributed by atoms with E-state index in [0.29, 0.717) is 12.5 Å². The van der Waals surface area contributed by atoms with Gasteiger partial charge in [0.2, 0.25) is 6.54 Å². The van der Waals surface area contributed by atoms with Gasteiger partial charge >= 0.3 is 0 Å². The molecule has 0 aromatic carbocycles. The van der Waals surface area contributed by atoms with Crippen LogP contribution in [-0.4, -0.2) is 12.2 Å². The van der Waals surface area contributed by atoms with E-state index < -0.39 is 5.67 Å². The molecule has 1 aliphatic rings. The van der Waals surface area contributed by atoms with Crippen LogP contribution in [0.4, 0.5) is 4.39 Å². The molecular formula is C11H18FN. The summed E-state index contributed by atoms with van der Waals surface area (Å²) in [6.45, 7) is 10.6. The molecule has 13 heavy (non-hydrogen) atoms. The predicted octanol–water partition coefficient (Wildman–Crippen LogP) is 3.46. The highest BCUT2D eigenvalue weighted by molar-refractivity contribution is 4.89. The van der Waals surface area contributed by atoms with Gasteiger partial charge in [-0.05, 0) is 38.5 Å². The van der Waals surface area contributed by atoms with E-state index in [4.69, 9.17) is 6.57 Å². The standard InChI is InChI=1S/C11H18FN/c1-11(2,12)10-6-4-5-9(10)7-8-13-3/h9-10H,4-8H2,1-2H3. The zero-order valence-corrected chi connectivity index (χ0v) is 8.52. The lowest BCUT2D eigenvalue weighted by molar-refractivity contribution is 0.0936. The van der Waals surface area contributed by atoms with Crippen LogP contribution in [0.15, 0.2) is 0 Å². The first kappa shape index (κ1) is 10.5. The Morgan fingerprint density at radius 2 is 2.15 bits per heavy atom. The molecule has 0 amide bonds. The number of hydrogen-bond donors (Lipinski definition) is 0. The van der Waals surface area contributed by atoms with Crippen molar-refractivity contribution in [3.8, 4) is 0 Å². The molecule has 0 aromatic heterocycles. The van der Waals surface area contributed by atoms with E-state index >= 15 is 0 Å². The SMILES string of the molecule is [C-]#[N+]CCC1CCCC1C(C)(C)F. The normalized spacial score (nSPS) is 28.8. The van der Waals surface area contributed by atoms with Crippen LogP contribution >= 0.6 is 0 Å². The molecule has 1 nitrogen and oxygen atoms in total. The first-order valence-electron chi connectivity index (χ1n) is 5.08. The van der Waals surface area contributed by atoms with Gasteiger partial charge in [-0.2, -0.15) is 0 Å². The molecule has 2 atom stereocenters. The maximum atomic E-state index is 13.7. The van der Waals surface area contributed by atoms with Gasteiger partial charge in [0.15, 0.2) is 0 Å². The molecule has 0 bridgehead atoms. The molecule has 2 heteroatoms. The lowest BCUT2D eigenvalue weighted by Gasteiger charge is -2.27. The lowest BCUT2D eigenvalue weighted by Crippen LogP contribution is -2.29.